The highest BCUT2D eigenvalue weighted by molar-refractivity contribution is 7.13. The maximum absolute atomic E-state index is 14.0. The van der Waals surface area contributed by atoms with Crippen molar-refractivity contribution in [3.63, 3.8) is 0 Å². The van der Waals surface area contributed by atoms with E-state index < -0.39 is 23.6 Å². The number of thiazole rings is 1. The minimum absolute atomic E-state index is 0.00532. The fraction of sp³-hybridized carbons (Fsp3) is 0.483. The maximum atomic E-state index is 14.0. The Bertz CT molecular complexity index is 2700. The molecule has 2 aromatic heterocycles. The largest absolute Gasteiger partial charge is 0.463 e. The molecule has 4 heterocycles. The highest BCUT2D eigenvalue weighted by Gasteiger charge is 2.44. The Morgan fingerprint density at radius 2 is 1.55 bits per heavy atom. The van der Waals surface area contributed by atoms with Crippen molar-refractivity contribution in [2.45, 2.75) is 136 Å². The SMILES string of the molecule is Cc1cccc(/C=N/Nc2cc(N3CCOCC3)nc(OCCc3ccc(NC(=O)CCCCCCCCCCC(=O)N[C@H](C(=O)N4C[C@H](O)C[C@H]4C(=O)NCc4ccc(-c5scnc5C)cc4)C(C)(C)C)cc3)n2)c1. The third kappa shape index (κ3) is 17.7. The molecule has 4 amide bonds. The Balaban J connectivity index is 0.742. The molecule has 0 unspecified atom stereocenters. The molecular formula is C58H76N10O7S. The van der Waals surface area contributed by atoms with Crippen LogP contribution >= 0.6 is 11.3 Å². The van der Waals surface area contributed by atoms with Crippen LogP contribution in [0.5, 0.6) is 6.01 Å². The van der Waals surface area contributed by atoms with Crippen LogP contribution in [0.25, 0.3) is 10.4 Å². The first kappa shape index (κ1) is 57.0. The summed E-state index contributed by atoms with van der Waals surface area (Å²) in [4.78, 5) is 71.7. The number of amides is 4. The molecule has 5 aromatic rings. The maximum Gasteiger partial charge on any atom is 0.320 e. The summed E-state index contributed by atoms with van der Waals surface area (Å²) in [5, 5.41) is 23.9. The lowest BCUT2D eigenvalue weighted by Crippen LogP contribution is -2.57. The van der Waals surface area contributed by atoms with E-state index in [4.69, 9.17) is 9.47 Å². The van der Waals surface area contributed by atoms with Gasteiger partial charge in [-0.05, 0) is 66.5 Å². The van der Waals surface area contributed by atoms with Crippen LogP contribution in [0.1, 0.15) is 119 Å². The number of aromatic nitrogens is 3. The van der Waals surface area contributed by atoms with Gasteiger partial charge in [0, 0.05) is 63.6 Å². The molecule has 3 atom stereocenters. The van der Waals surface area contributed by atoms with Gasteiger partial charge in [-0.15, -0.1) is 11.3 Å². The molecule has 0 bridgehead atoms. The van der Waals surface area contributed by atoms with Crippen LogP contribution in [-0.4, -0.2) is 112 Å². The number of ether oxygens (including phenoxy) is 2. The summed E-state index contributed by atoms with van der Waals surface area (Å²) in [6.45, 7) is 13.1. The van der Waals surface area contributed by atoms with Crippen LogP contribution < -0.4 is 31.0 Å². The first-order valence-electron chi connectivity index (χ1n) is 26.8. The molecule has 2 aliphatic heterocycles. The zero-order valence-electron chi connectivity index (χ0n) is 44.8. The van der Waals surface area contributed by atoms with Crippen LogP contribution in [0, 0.1) is 19.3 Å². The van der Waals surface area contributed by atoms with Gasteiger partial charge in [-0.3, -0.25) is 24.6 Å². The molecule has 406 valence electrons. The second kappa shape index (κ2) is 28.4. The molecule has 5 N–H and O–H groups in total. The third-order valence-electron chi connectivity index (χ3n) is 13.6. The van der Waals surface area contributed by atoms with E-state index in [9.17, 15) is 24.3 Å². The van der Waals surface area contributed by atoms with Gasteiger partial charge >= 0.3 is 6.01 Å². The van der Waals surface area contributed by atoms with E-state index in [2.05, 4.69) is 52.4 Å². The number of likely N-dealkylation sites (tertiary alicyclic amines) is 1. The second-order valence-corrected chi connectivity index (χ2v) is 21.7. The van der Waals surface area contributed by atoms with Crippen LogP contribution in [0.15, 0.2) is 89.5 Å². The van der Waals surface area contributed by atoms with Gasteiger partial charge in [0.1, 0.15) is 17.9 Å². The summed E-state index contributed by atoms with van der Waals surface area (Å²) in [5.41, 5.74) is 11.1. The molecule has 2 saturated heterocycles. The number of rotatable bonds is 26. The lowest BCUT2D eigenvalue weighted by molar-refractivity contribution is -0.144. The molecule has 0 radical (unpaired) electrons. The van der Waals surface area contributed by atoms with Gasteiger partial charge in [-0.1, -0.05) is 126 Å². The van der Waals surface area contributed by atoms with E-state index in [-0.39, 0.29) is 49.1 Å². The van der Waals surface area contributed by atoms with Gasteiger partial charge < -0.3 is 40.3 Å². The summed E-state index contributed by atoms with van der Waals surface area (Å²) in [7, 11) is 0. The van der Waals surface area contributed by atoms with Gasteiger partial charge in [0.25, 0.3) is 0 Å². The first-order valence-corrected chi connectivity index (χ1v) is 27.7. The Hall–Kier alpha value is -6.76. The van der Waals surface area contributed by atoms with Gasteiger partial charge in [-0.25, -0.2) is 4.98 Å². The number of aliphatic hydroxyl groups is 1. The van der Waals surface area contributed by atoms with E-state index in [1.807, 2.05) is 113 Å². The molecular weight excluding hydrogens is 981 g/mol. The summed E-state index contributed by atoms with van der Waals surface area (Å²) >= 11 is 1.58. The van der Waals surface area contributed by atoms with Crippen molar-refractivity contribution in [2.24, 2.45) is 10.5 Å². The number of nitrogens with zero attached hydrogens (tertiary/aromatic N) is 6. The van der Waals surface area contributed by atoms with Crippen molar-refractivity contribution in [1.82, 2.24) is 30.5 Å². The molecule has 0 aliphatic carbocycles. The Morgan fingerprint density at radius 3 is 2.22 bits per heavy atom. The van der Waals surface area contributed by atoms with Crippen molar-refractivity contribution in [3.8, 4) is 16.5 Å². The summed E-state index contributed by atoms with van der Waals surface area (Å²) in [6, 6.07) is 24.2. The number of benzene rings is 3. The van der Waals surface area contributed by atoms with Gasteiger partial charge in [0.15, 0.2) is 5.82 Å². The van der Waals surface area contributed by atoms with E-state index in [1.54, 1.807) is 17.6 Å². The normalized spacial score (nSPS) is 16.1. The lowest BCUT2D eigenvalue weighted by atomic mass is 9.85. The average Bonchev–Trinajstić information content (AvgIpc) is 4.03. The van der Waals surface area contributed by atoms with E-state index in [0.29, 0.717) is 51.3 Å². The fourth-order valence-electron chi connectivity index (χ4n) is 9.30. The molecule has 18 heteroatoms. The number of β-amino-alcohol motifs (C(OH)–C–C–N with tert-alkyl or cyclic N) is 1. The number of aliphatic hydroxyl groups excluding tert-OH is 1. The predicted octanol–water partition coefficient (Wildman–Crippen LogP) is 8.77. The number of aryl methyl sites for hydroxylation is 2. The zero-order valence-corrected chi connectivity index (χ0v) is 45.6. The van der Waals surface area contributed by atoms with Gasteiger partial charge in [-0.2, -0.15) is 15.1 Å². The number of hydrogen-bond acceptors (Lipinski definition) is 14. The molecule has 0 spiro atoms. The standard InChI is InChI=1S/C58H76N10O7S/c1-40-15-14-16-44(33-40)37-61-66-49-35-50(67-28-31-74-32-29-67)64-57(63-49)75-30-27-42-21-25-46(26-22-42)62-51(70)17-12-10-8-6-7-9-11-13-18-52(71)65-54(58(3,4)5)56(73)68-38-47(69)34-48(68)55(72)59-36-43-19-23-45(24-20-43)53-41(2)60-39-76-53/h14-16,19-26,33,35,37,39,47-48,54,69H,6-13,17-18,27-32,34,36,38H2,1-5H3,(H,59,72)(H,62,70)(H,65,71)(H,63,64,66)/b61-37+/t47-,48+,54-/m1/s1. The lowest BCUT2D eigenvalue weighted by Gasteiger charge is -2.35. The number of carbonyl (C=O) groups excluding carboxylic acids is 4. The number of anilines is 3. The van der Waals surface area contributed by atoms with Crippen molar-refractivity contribution in [2.75, 3.05) is 55.1 Å². The second-order valence-electron chi connectivity index (χ2n) is 20.9. The van der Waals surface area contributed by atoms with Crippen molar-refractivity contribution < 1.29 is 33.8 Å². The van der Waals surface area contributed by atoms with Crippen LogP contribution in [0.3, 0.4) is 0 Å². The molecule has 0 saturated carbocycles. The number of hydrogen-bond donors (Lipinski definition) is 5. The van der Waals surface area contributed by atoms with Crippen LogP contribution in [0.4, 0.5) is 17.3 Å². The van der Waals surface area contributed by atoms with Crippen LogP contribution in [0.2, 0.25) is 0 Å². The van der Waals surface area contributed by atoms with Crippen molar-refractivity contribution >= 4 is 58.5 Å². The molecule has 76 heavy (non-hydrogen) atoms. The quantitative estimate of drug-likeness (QED) is 0.0200. The molecule has 2 aliphatic rings. The van der Waals surface area contributed by atoms with Gasteiger partial charge in [0.05, 0.1) is 48.2 Å². The zero-order chi connectivity index (χ0) is 53.9. The number of morpholine rings is 1. The van der Waals surface area contributed by atoms with E-state index >= 15 is 0 Å². The van der Waals surface area contributed by atoms with E-state index in [1.165, 1.54) is 4.90 Å². The first-order chi connectivity index (χ1) is 36.7. The highest BCUT2D eigenvalue weighted by Crippen LogP contribution is 2.29. The Labute approximate surface area is 451 Å². The van der Waals surface area contributed by atoms with E-state index in [0.717, 1.165) is 108 Å². The average molecular weight is 1060 g/mol. The third-order valence-corrected chi connectivity index (χ3v) is 14.6. The summed E-state index contributed by atoms with van der Waals surface area (Å²) in [6.07, 6.45) is 9.94. The molecule has 7 rings (SSSR count). The molecule has 17 nitrogen and oxygen atoms in total. The van der Waals surface area contributed by atoms with Crippen molar-refractivity contribution in [1.29, 1.82) is 0 Å². The Morgan fingerprint density at radius 1 is 0.868 bits per heavy atom. The fourth-order valence-corrected chi connectivity index (χ4v) is 10.1. The molecule has 3 aromatic carbocycles. The number of nitrogens with one attached hydrogen (secondary N) is 4. The predicted molar refractivity (Wildman–Crippen MR) is 300 cm³/mol. The minimum Gasteiger partial charge on any atom is -0.463 e. The molecule has 2 fully saturated rings. The summed E-state index contributed by atoms with van der Waals surface area (Å²) in [5.74, 6) is 0.370. The Kier molecular flexibility index (Phi) is 21.3. The smallest absolute Gasteiger partial charge is 0.320 e. The number of unbranched alkanes of at least 4 members (excludes halogenated alkanes) is 7. The highest BCUT2D eigenvalue weighted by atomic mass is 32.1. The van der Waals surface area contributed by atoms with Crippen LogP contribution in [-0.2, 0) is 36.9 Å². The van der Waals surface area contributed by atoms with Gasteiger partial charge in [0.2, 0.25) is 23.6 Å². The minimum atomic E-state index is -0.857. The summed E-state index contributed by atoms with van der Waals surface area (Å²) < 4.78 is 11.6. The monoisotopic (exact) mass is 1060 g/mol. The number of carbonyl (C=O) groups is 4. The van der Waals surface area contributed by atoms with Crippen molar-refractivity contribution in [3.05, 3.63) is 112 Å². The topological polar surface area (TPSA) is 213 Å². The number of hydrazone groups is 1.